The van der Waals surface area contributed by atoms with Gasteiger partial charge in [0.2, 0.25) is 0 Å². The van der Waals surface area contributed by atoms with E-state index in [9.17, 15) is 4.79 Å². The monoisotopic (exact) mass is 374 g/mol. The number of nitrogens with zero attached hydrogens (tertiary/aromatic N) is 2. The van der Waals surface area contributed by atoms with Crippen LogP contribution >= 0.6 is 39.1 Å². The van der Waals surface area contributed by atoms with Crippen LogP contribution in [0.4, 0.5) is 0 Å². The van der Waals surface area contributed by atoms with Crippen molar-refractivity contribution in [2.45, 2.75) is 26.3 Å². The molecule has 2 aromatic rings. The Morgan fingerprint density at radius 1 is 1.30 bits per heavy atom. The van der Waals surface area contributed by atoms with Gasteiger partial charge < -0.3 is 4.57 Å². The molecule has 0 spiro atoms. The van der Waals surface area contributed by atoms with Crippen molar-refractivity contribution in [2.75, 3.05) is 0 Å². The third-order valence-electron chi connectivity index (χ3n) is 2.92. The summed E-state index contributed by atoms with van der Waals surface area (Å²) in [6.45, 7) is 2.63. The Kier molecular flexibility index (Phi) is 5.24. The summed E-state index contributed by atoms with van der Waals surface area (Å²) in [6, 6.07) is 7.59. The topological polar surface area (TPSA) is 34.9 Å². The molecule has 0 aliphatic rings. The third-order valence-corrected chi connectivity index (χ3v) is 3.92. The lowest BCUT2D eigenvalue weighted by Gasteiger charge is -2.14. The molecule has 106 valence electrons. The van der Waals surface area contributed by atoms with Crippen molar-refractivity contribution in [3.63, 3.8) is 0 Å². The minimum Gasteiger partial charge on any atom is -0.303 e. The molecule has 0 aliphatic heterocycles. The zero-order valence-electron chi connectivity index (χ0n) is 10.9. The maximum atomic E-state index is 12.2. The number of hydrogen-bond acceptors (Lipinski definition) is 2. The highest BCUT2D eigenvalue weighted by Crippen LogP contribution is 2.28. The number of hydrogen-bond donors (Lipinski definition) is 0. The summed E-state index contributed by atoms with van der Waals surface area (Å²) < 4.78 is 2.51. The highest BCUT2D eigenvalue weighted by molar-refractivity contribution is 9.10. The van der Waals surface area contributed by atoms with E-state index in [-0.39, 0.29) is 15.9 Å². The lowest BCUT2D eigenvalue weighted by Crippen LogP contribution is -2.24. The first-order valence-electron chi connectivity index (χ1n) is 6.26. The van der Waals surface area contributed by atoms with Crippen molar-refractivity contribution in [2.24, 2.45) is 0 Å². The maximum absolute atomic E-state index is 12.2. The Hall–Kier alpha value is -0.840. The van der Waals surface area contributed by atoms with Gasteiger partial charge in [0.1, 0.15) is 0 Å². The fourth-order valence-electron chi connectivity index (χ4n) is 1.95. The predicted octanol–water partition coefficient (Wildman–Crippen LogP) is 4.78. The zero-order chi connectivity index (χ0) is 14.7. The smallest absolute Gasteiger partial charge is 0.288 e. The zero-order valence-corrected chi connectivity index (χ0v) is 14.0. The largest absolute Gasteiger partial charge is 0.303 e. The summed E-state index contributed by atoms with van der Waals surface area (Å²) in [5.41, 5.74) is 1.14. The van der Waals surface area contributed by atoms with Crippen molar-refractivity contribution in [1.29, 1.82) is 0 Å². The van der Waals surface area contributed by atoms with Crippen LogP contribution in [-0.4, -0.2) is 9.55 Å². The van der Waals surface area contributed by atoms with E-state index in [0.29, 0.717) is 12.2 Å². The molecule has 1 heterocycles. The summed E-state index contributed by atoms with van der Waals surface area (Å²) in [4.78, 5) is 16.1. The van der Waals surface area contributed by atoms with Crippen molar-refractivity contribution in [1.82, 2.24) is 9.55 Å². The van der Waals surface area contributed by atoms with E-state index in [2.05, 4.69) is 27.8 Å². The highest BCUT2D eigenvalue weighted by atomic mass is 79.9. The predicted molar refractivity (Wildman–Crippen MR) is 86.6 cm³/mol. The molecular formula is C14H13BrCl2N2O. The van der Waals surface area contributed by atoms with Crippen molar-refractivity contribution >= 4 is 39.1 Å². The number of unbranched alkanes of at least 4 members (excludes halogenated alkanes) is 1. The van der Waals surface area contributed by atoms with Gasteiger partial charge >= 0.3 is 0 Å². The van der Waals surface area contributed by atoms with Gasteiger partial charge in [0.15, 0.2) is 10.3 Å². The quantitative estimate of drug-likeness (QED) is 0.770. The third kappa shape index (κ3) is 3.25. The molecule has 0 saturated heterocycles. The van der Waals surface area contributed by atoms with Crippen molar-refractivity contribution in [3.05, 3.63) is 49.4 Å². The van der Waals surface area contributed by atoms with Gasteiger partial charge in [-0.05, 0) is 18.6 Å². The van der Waals surface area contributed by atoms with Crippen molar-refractivity contribution in [3.8, 4) is 11.3 Å². The van der Waals surface area contributed by atoms with Crippen LogP contribution in [0.25, 0.3) is 11.3 Å². The molecule has 3 nitrogen and oxygen atoms in total. The molecule has 0 aliphatic carbocycles. The van der Waals surface area contributed by atoms with Gasteiger partial charge in [0.25, 0.3) is 5.56 Å². The molecule has 1 aromatic heterocycles. The van der Waals surface area contributed by atoms with Crippen LogP contribution in [0, 0.1) is 0 Å². The Morgan fingerprint density at radius 2 is 2.05 bits per heavy atom. The molecule has 0 N–H and O–H groups in total. The minimum atomic E-state index is -0.306. The van der Waals surface area contributed by atoms with E-state index in [4.69, 9.17) is 23.2 Å². The molecule has 0 atom stereocenters. The van der Waals surface area contributed by atoms with E-state index in [1.807, 2.05) is 24.3 Å². The fourth-order valence-corrected chi connectivity index (χ4v) is 2.88. The number of rotatable bonds is 4. The molecule has 0 amide bonds. The molecule has 2 rings (SSSR count). The van der Waals surface area contributed by atoms with Gasteiger partial charge in [-0.2, -0.15) is 0 Å². The van der Waals surface area contributed by atoms with Crippen LogP contribution in [0.2, 0.25) is 10.3 Å². The van der Waals surface area contributed by atoms with Gasteiger partial charge in [-0.15, -0.1) is 0 Å². The summed E-state index contributed by atoms with van der Waals surface area (Å²) in [7, 11) is 0. The van der Waals surface area contributed by atoms with Crippen LogP contribution in [-0.2, 0) is 6.54 Å². The Labute approximate surface area is 135 Å². The maximum Gasteiger partial charge on any atom is 0.288 e. The van der Waals surface area contributed by atoms with Gasteiger partial charge in [0.05, 0.1) is 5.69 Å². The summed E-state index contributed by atoms with van der Waals surface area (Å²) in [5.74, 6) is 0. The summed E-state index contributed by atoms with van der Waals surface area (Å²) in [6.07, 6.45) is 1.85. The van der Waals surface area contributed by atoms with Crippen LogP contribution in [0.1, 0.15) is 19.8 Å². The standard InChI is InChI=1S/C14H13BrCl2N2O/c1-2-3-7-19-11(9-5-4-6-10(15)8-9)12(16)18-13(17)14(19)20/h4-6,8H,2-3,7H2,1H3. The van der Waals surface area contributed by atoms with E-state index < -0.39 is 0 Å². The molecular weight excluding hydrogens is 363 g/mol. The second kappa shape index (κ2) is 6.74. The number of benzene rings is 1. The normalized spacial score (nSPS) is 10.8. The van der Waals surface area contributed by atoms with Crippen LogP contribution in [0.3, 0.4) is 0 Å². The van der Waals surface area contributed by atoms with Crippen LogP contribution in [0.5, 0.6) is 0 Å². The van der Waals surface area contributed by atoms with Gasteiger partial charge in [-0.3, -0.25) is 4.79 Å². The SMILES string of the molecule is CCCCn1c(-c2cccc(Br)c2)c(Cl)nc(Cl)c1=O. The van der Waals surface area contributed by atoms with E-state index in [0.717, 1.165) is 22.9 Å². The average Bonchev–Trinajstić information content (AvgIpc) is 2.41. The second-order valence-electron chi connectivity index (χ2n) is 4.36. The van der Waals surface area contributed by atoms with E-state index in [1.165, 1.54) is 0 Å². The van der Waals surface area contributed by atoms with Gasteiger partial charge in [-0.25, -0.2) is 4.98 Å². The first kappa shape index (κ1) is 15.5. The molecule has 0 saturated carbocycles. The van der Waals surface area contributed by atoms with E-state index in [1.54, 1.807) is 4.57 Å². The van der Waals surface area contributed by atoms with E-state index >= 15 is 0 Å². The van der Waals surface area contributed by atoms with Gasteiger partial charge in [-0.1, -0.05) is 64.6 Å². The fraction of sp³-hybridized carbons (Fsp3) is 0.286. The minimum absolute atomic E-state index is 0.0927. The Balaban J connectivity index is 2.67. The van der Waals surface area contributed by atoms with Crippen LogP contribution in [0.15, 0.2) is 33.5 Å². The first-order chi connectivity index (χ1) is 9.54. The van der Waals surface area contributed by atoms with Gasteiger partial charge in [0, 0.05) is 16.6 Å². The lowest BCUT2D eigenvalue weighted by atomic mass is 10.1. The van der Waals surface area contributed by atoms with Crippen LogP contribution < -0.4 is 5.56 Å². The molecule has 0 unspecified atom stereocenters. The summed E-state index contributed by atoms with van der Waals surface area (Å²) in [5, 5.41) is 0.147. The number of halogens is 3. The lowest BCUT2D eigenvalue weighted by molar-refractivity contribution is 0.615. The second-order valence-corrected chi connectivity index (χ2v) is 5.99. The molecule has 0 bridgehead atoms. The molecule has 1 aromatic carbocycles. The Morgan fingerprint density at radius 3 is 2.70 bits per heavy atom. The number of aromatic nitrogens is 2. The average molecular weight is 376 g/mol. The molecule has 0 radical (unpaired) electrons. The molecule has 6 heteroatoms. The molecule has 0 fully saturated rings. The Bertz CT molecular complexity index is 685. The summed E-state index contributed by atoms with van der Waals surface area (Å²) >= 11 is 15.5. The molecule has 20 heavy (non-hydrogen) atoms. The first-order valence-corrected chi connectivity index (χ1v) is 7.81. The van der Waals surface area contributed by atoms with Crippen molar-refractivity contribution < 1.29 is 0 Å². The highest BCUT2D eigenvalue weighted by Gasteiger charge is 2.15.